The predicted octanol–water partition coefficient (Wildman–Crippen LogP) is 3.78. The minimum Gasteiger partial charge on any atom is -0.305 e. The first-order chi connectivity index (χ1) is 17.5. The molecule has 3 rings (SSSR count). The third-order valence-corrected chi connectivity index (χ3v) is 7.46. The molecule has 0 saturated carbocycles. The van der Waals surface area contributed by atoms with Crippen LogP contribution in [-0.4, -0.2) is 40.0 Å². The Bertz CT molecular complexity index is 1480. The molecule has 1 N–H and O–H groups in total. The van der Waals surface area contributed by atoms with Crippen molar-refractivity contribution in [2.75, 3.05) is 10.7 Å². The second-order valence-corrected chi connectivity index (χ2v) is 11.6. The van der Waals surface area contributed by atoms with Gasteiger partial charge in [0.1, 0.15) is 0 Å². The summed E-state index contributed by atoms with van der Waals surface area (Å²) in [6.45, 7) is 6.13. The molecule has 0 atom stereocenters. The van der Waals surface area contributed by atoms with Gasteiger partial charge in [-0.3, -0.25) is 14.3 Å². The van der Waals surface area contributed by atoms with E-state index in [0.29, 0.717) is 15.5 Å². The number of amides is 1. The molecule has 0 unspecified atom stereocenters. The number of benzene rings is 1. The number of unbranched alkanes of at least 4 members (excludes halogenated alkanes) is 6. The van der Waals surface area contributed by atoms with Gasteiger partial charge in [0, 0.05) is 25.2 Å². The minimum absolute atomic E-state index is 0.0660. The first-order valence-electron chi connectivity index (χ1n) is 12.8. The lowest BCUT2D eigenvalue weighted by atomic mass is 9.93. The van der Waals surface area contributed by atoms with Crippen LogP contribution in [0.4, 0.5) is 0 Å². The number of H-pyrrole nitrogens is 1. The Morgan fingerprint density at radius 2 is 1.73 bits per heavy atom. The van der Waals surface area contributed by atoms with Crippen molar-refractivity contribution in [1.29, 1.82) is 0 Å². The molecule has 0 aliphatic rings. The van der Waals surface area contributed by atoms with Crippen molar-refractivity contribution >= 4 is 26.8 Å². The topological polar surface area (TPSA) is 127 Å². The largest absolute Gasteiger partial charge is 0.349 e. The number of carbonyl (C=O) groups is 1. The fourth-order valence-electron chi connectivity index (χ4n) is 4.55. The number of aryl methyl sites for hydroxylation is 1. The summed E-state index contributed by atoms with van der Waals surface area (Å²) in [6, 6.07) is 5.16. The standard InChI is InChI=1S/C26H37N5O5S/c1-6-7-8-9-10-11-12-13-24(32)31(37(5,35)36)30-25(33)21-16-20(23-14-15-27-29(23)4)19(18(2)3)17-22(21)28-26(30)34/h14-18H,6-13H2,1-5H3,(H,28,34). The number of hydrogen-bond donors (Lipinski definition) is 1. The quantitative estimate of drug-likeness (QED) is 0.354. The van der Waals surface area contributed by atoms with E-state index < -0.39 is 27.2 Å². The molecule has 3 aromatic rings. The second-order valence-electron chi connectivity index (χ2n) is 9.80. The summed E-state index contributed by atoms with van der Waals surface area (Å²) in [5.74, 6) is -0.745. The molecule has 2 aromatic heterocycles. The van der Waals surface area contributed by atoms with E-state index in [0.717, 1.165) is 61.6 Å². The highest BCUT2D eigenvalue weighted by molar-refractivity contribution is 7.92. The molecule has 0 spiro atoms. The Kier molecular flexibility index (Phi) is 9.12. The van der Waals surface area contributed by atoms with Gasteiger partial charge in [-0.25, -0.2) is 13.2 Å². The summed E-state index contributed by atoms with van der Waals surface area (Å²) in [7, 11) is -2.47. The Hall–Kier alpha value is -3.21. The Morgan fingerprint density at radius 1 is 1.08 bits per heavy atom. The van der Waals surface area contributed by atoms with Crippen molar-refractivity contribution in [3.8, 4) is 11.3 Å². The van der Waals surface area contributed by atoms with E-state index in [1.807, 2.05) is 19.9 Å². The average molecular weight is 532 g/mol. The van der Waals surface area contributed by atoms with E-state index in [9.17, 15) is 22.8 Å². The van der Waals surface area contributed by atoms with Crippen LogP contribution in [0.2, 0.25) is 0 Å². The number of carbonyl (C=O) groups excluding carboxylic acids is 1. The number of nitrogens with zero attached hydrogens (tertiary/aromatic N) is 4. The van der Waals surface area contributed by atoms with E-state index in [1.54, 1.807) is 30.1 Å². The zero-order valence-electron chi connectivity index (χ0n) is 22.3. The van der Waals surface area contributed by atoms with Crippen molar-refractivity contribution in [2.24, 2.45) is 7.05 Å². The van der Waals surface area contributed by atoms with Gasteiger partial charge in [0.05, 0.1) is 22.9 Å². The Labute approximate surface area is 217 Å². The molecule has 2 heterocycles. The first-order valence-corrected chi connectivity index (χ1v) is 14.7. The maximum absolute atomic E-state index is 13.6. The Balaban J connectivity index is 2.05. The van der Waals surface area contributed by atoms with E-state index >= 15 is 0 Å². The van der Waals surface area contributed by atoms with Crippen LogP contribution in [0.1, 0.15) is 83.6 Å². The van der Waals surface area contributed by atoms with Gasteiger partial charge in [-0.15, -0.1) is 9.09 Å². The number of fused-ring (bicyclic) bond motifs is 1. The van der Waals surface area contributed by atoms with Gasteiger partial charge in [-0.05, 0) is 36.1 Å². The molecule has 0 saturated heterocycles. The van der Waals surface area contributed by atoms with Crippen LogP contribution in [0, 0.1) is 0 Å². The highest BCUT2D eigenvalue weighted by atomic mass is 32.2. The smallest absolute Gasteiger partial charge is 0.305 e. The number of hydrogen-bond acceptors (Lipinski definition) is 6. The fourth-order valence-corrected chi connectivity index (χ4v) is 5.45. The summed E-state index contributed by atoms with van der Waals surface area (Å²) >= 11 is 0. The Morgan fingerprint density at radius 3 is 2.30 bits per heavy atom. The zero-order valence-corrected chi connectivity index (χ0v) is 23.1. The van der Waals surface area contributed by atoms with Crippen LogP contribution in [0.15, 0.2) is 34.0 Å². The van der Waals surface area contributed by atoms with E-state index in [2.05, 4.69) is 17.0 Å². The van der Waals surface area contributed by atoms with E-state index in [1.165, 1.54) is 0 Å². The maximum atomic E-state index is 13.6. The molecule has 10 nitrogen and oxygen atoms in total. The summed E-state index contributed by atoms with van der Waals surface area (Å²) in [5.41, 5.74) is 0.790. The number of aromatic amines is 1. The number of rotatable bonds is 12. The molecule has 0 aliphatic heterocycles. The van der Waals surface area contributed by atoms with Gasteiger partial charge in [0.25, 0.3) is 21.5 Å². The molecule has 0 bridgehead atoms. The van der Waals surface area contributed by atoms with Gasteiger partial charge in [0.15, 0.2) is 0 Å². The summed E-state index contributed by atoms with van der Waals surface area (Å²) < 4.78 is 27.7. The van der Waals surface area contributed by atoms with Crippen molar-refractivity contribution < 1.29 is 13.2 Å². The van der Waals surface area contributed by atoms with Crippen molar-refractivity contribution in [2.45, 2.75) is 78.1 Å². The van der Waals surface area contributed by atoms with E-state index in [4.69, 9.17) is 0 Å². The van der Waals surface area contributed by atoms with Crippen molar-refractivity contribution in [1.82, 2.24) is 19.4 Å². The molecule has 37 heavy (non-hydrogen) atoms. The van der Waals surface area contributed by atoms with Crippen molar-refractivity contribution in [3.63, 3.8) is 0 Å². The minimum atomic E-state index is -4.25. The molecule has 1 amide bonds. The number of nitrogens with one attached hydrogen (secondary N) is 1. The lowest BCUT2D eigenvalue weighted by molar-refractivity contribution is -0.118. The van der Waals surface area contributed by atoms with Crippen molar-refractivity contribution in [3.05, 3.63) is 50.8 Å². The summed E-state index contributed by atoms with van der Waals surface area (Å²) in [5, 5.41) is 4.31. The normalized spacial score (nSPS) is 11.9. The van der Waals surface area contributed by atoms with Gasteiger partial charge in [-0.1, -0.05) is 59.3 Å². The van der Waals surface area contributed by atoms with Gasteiger partial charge in [0.2, 0.25) is 0 Å². The third-order valence-electron chi connectivity index (χ3n) is 6.47. The SMILES string of the molecule is CCCCCCCCCC(=O)N(n1c(=O)[nH]c2cc(C(C)C)c(-c3ccnn3C)cc2c1=O)S(C)(=O)=O. The monoisotopic (exact) mass is 531 g/mol. The molecule has 0 radical (unpaired) electrons. The third kappa shape index (κ3) is 6.38. The second kappa shape index (κ2) is 11.9. The van der Waals surface area contributed by atoms with Crippen LogP contribution in [0.25, 0.3) is 22.2 Å². The highest BCUT2D eigenvalue weighted by Crippen LogP contribution is 2.31. The van der Waals surface area contributed by atoms with Gasteiger partial charge < -0.3 is 4.98 Å². The van der Waals surface area contributed by atoms with Gasteiger partial charge in [-0.2, -0.15) is 5.10 Å². The van der Waals surface area contributed by atoms with Crippen LogP contribution in [0.5, 0.6) is 0 Å². The van der Waals surface area contributed by atoms with Crippen LogP contribution in [-0.2, 0) is 21.9 Å². The lowest BCUT2D eigenvalue weighted by Gasteiger charge is -2.22. The molecular formula is C26H37N5O5S. The number of sulfonamides is 1. The maximum Gasteiger partial charge on any atom is 0.349 e. The van der Waals surface area contributed by atoms with Crippen LogP contribution < -0.4 is 15.7 Å². The van der Waals surface area contributed by atoms with Gasteiger partial charge >= 0.3 is 5.69 Å². The average Bonchev–Trinajstić information content (AvgIpc) is 3.25. The molecular weight excluding hydrogens is 494 g/mol. The predicted molar refractivity (Wildman–Crippen MR) is 146 cm³/mol. The molecule has 202 valence electrons. The summed E-state index contributed by atoms with van der Waals surface area (Å²) in [6.07, 6.45) is 9.03. The van der Waals surface area contributed by atoms with Crippen LogP contribution >= 0.6 is 0 Å². The van der Waals surface area contributed by atoms with E-state index in [-0.39, 0.29) is 23.2 Å². The zero-order chi connectivity index (χ0) is 27.3. The fraction of sp³-hybridized carbons (Fsp3) is 0.538. The lowest BCUT2D eigenvalue weighted by Crippen LogP contribution is -2.55. The van der Waals surface area contributed by atoms with Crippen LogP contribution in [0.3, 0.4) is 0 Å². The highest BCUT2D eigenvalue weighted by Gasteiger charge is 2.29. The molecule has 0 aliphatic carbocycles. The summed E-state index contributed by atoms with van der Waals surface area (Å²) in [4.78, 5) is 42.2. The molecule has 1 aromatic carbocycles. The molecule has 0 fully saturated rings. The molecule has 11 heteroatoms. The number of aromatic nitrogens is 4. The first kappa shape index (κ1) is 28.4.